The first kappa shape index (κ1) is 12.0. The van der Waals surface area contributed by atoms with Crippen LogP contribution in [0.1, 0.15) is 6.92 Å². The number of nitrogens with one attached hydrogen (secondary N) is 2. The van der Waals surface area contributed by atoms with E-state index >= 15 is 0 Å². The Balaban J connectivity index is 1.96. The van der Waals surface area contributed by atoms with E-state index in [0.717, 1.165) is 6.54 Å². The Morgan fingerprint density at radius 3 is 2.89 bits per heavy atom. The van der Waals surface area contributed by atoms with Crippen molar-refractivity contribution in [3.8, 4) is 0 Å². The van der Waals surface area contributed by atoms with Crippen LogP contribution < -0.4 is 16.4 Å². The summed E-state index contributed by atoms with van der Waals surface area (Å²) in [6.45, 7) is 2.74. The molecule has 0 aliphatic rings. The number of anilines is 3. The van der Waals surface area contributed by atoms with Gasteiger partial charge in [0.2, 0.25) is 0 Å². The third-order valence-corrected chi connectivity index (χ3v) is 2.35. The van der Waals surface area contributed by atoms with E-state index in [9.17, 15) is 4.79 Å². The van der Waals surface area contributed by atoms with Crippen molar-refractivity contribution in [1.82, 2.24) is 9.78 Å². The van der Waals surface area contributed by atoms with Gasteiger partial charge in [-0.15, -0.1) is 0 Å². The Kier molecular flexibility index (Phi) is 3.47. The highest BCUT2D eigenvalue weighted by Gasteiger charge is 2.04. The molecule has 2 aromatic rings. The molecule has 0 fully saturated rings. The van der Waals surface area contributed by atoms with E-state index in [2.05, 4.69) is 15.7 Å². The van der Waals surface area contributed by atoms with Crippen molar-refractivity contribution in [2.45, 2.75) is 13.5 Å². The SMILES string of the molecule is CCn1ccc(NC(=O)Nc2cccc(N)c2)n1. The molecule has 2 amide bonds. The molecule has 94 valence electrons. The van der Waals surface area contributed by atoms with Crippen LogP contribution in [-0.4, -0.2) is 15.8 Å². The molecule has 0 spiro atoms. The summed E-state index contributed by atoms with van der Waals surface area (Å²) in [5.41, 5.74) is 6.86. The van der Waals surface area contributed by atoms with Gasteiger partial charge < -0.3 is 11.1 Å². The van der Waals surface area contributed by atoms with Gasteiger partial charge in [0.05, 0.1) is 0 Å². The summed E-state index contributed by atoms with van der Waals surface area (Å²) in [4.78, 5) is 11.7. The minimum atomic E-state index is -0.345. The molecule has 0 aliphatic carbocycles. The standard InChI is InChI=1S/C12H15N5O/c1-2-17-7-6-11(16-17)15-12(18)14-10-5-3-4-9(13)8-10/h3-8H,2,13H2,1H3,(H2,14,15,16,18). The first-order valence-electron chi connectivity index (χ1n) is 5.64. The van der Waals surface area contributed by atoms with E-state index < -0.39 is 0 Å². The number of nitrogens with two attached hydrogens (primary N) is 1. The summed E-state index contributed by atoms with van der Waals surface area (Å²) in [5.74, 6) is 0.512. The van der Waals surface area contributed by atoms with Crippen molar-refractivity contribution in [1.29, 1.82) is 0 Å². The Hall–Kier alpha value is -2.50. The van der Waals surface area contributed by atoms with Gasteiger partial charge in [-0.2, -0.15) is 5.10 Å². The normalized spacial score (nSPS) is 10.1. The van der Waals surface area contributed by atoms with Crippen LogP contribution in [0.3, 0.4) is 0 Å². The second-order valence-electron chi connectivity index (χ2n) is 3.76. The van der Waals surface area contributed by atoms with Crippen molar-refractivity contribution < 1.29 is 4.79 Å². The van der Waals surface area contributed by atoms with Gasteiger partial charge in [-0.25, -0.2) is 4.79 Å². The minimum absolute atomic E-state index is 0.345. The maximum atomic E-state index is 11.7. The van der Waals surface area contributed by atoms with E-state index in [0.29, 0.717) is 17.2 Å². The first-order valence-corrected chi connectivity index (χ1v) is 5.64. The lowest BCUT2D eigenvalue weighted by atomic mass is 10.3. The molecule has 18 heavy (non-hydrogen) atoms. The predicted molar refractivity (Wildman–Crippen MR) is 71.4 cm³/mol. The highest BCUT2D eigenvalue weighted by atomic mass is 16.2. The molecule has 1 aromatic heterocycles. The Labute approximate surface area is 105 Å². The lowest BCUT2D eigenvalue weighted by Gasteiger charge is -2.06. The maximum Gasteiger partial charge on any atom is 0.324 e. The third-order valence-electron chi connectivity index (χ3n) is 2.35. The van der Waals surface area contributed by atoms with E-state index in [1.165, 1.54) is 0 Å². The number of hydrogen-bond acceptors (Lipinski definition) is 3. The van der Waals surface area contributed by atoms with Crippen molar-refractivity contribution in [3.05, 3.63) is 36.5 Å². The van der Waals surface area contributed by atoms with Crippen molar-refractivity contribution in [2.75, 3.05) is 16.4 Å². The van der Waals surface area contributed by atoms with Crippen LogP contribution >= 0.6 is 0 Å². The highest BCUT2D eigenvalue weighted by Crippen LogP contribution is 2.12. The molecule has 0 atom stereocenters. The monoisotopic (exact) mass is 245 g/mol. The van der Waals surface area contributed by atoms with Crippen LogP contribution in [0.4, 0.5) is 22.0 Å². The highest BCUT2D eigenvalue weighted by molar-refractivity contribution is 5.99. The van der Waals surface area contributed by atoms with Crippen LogP contribution in [-0.2, 0) is 6.54 Å². The average Bonchev–Trinajstić information content (AvgIpc) is 2.76. The van der Waals surface area contributed by atoms with Crippen LogP contribution in [0, 0.1) is 0 Å². The van der Waals surface area contributed by atoms with Crippen molar-refractivity contribution >= 4 is 23.2 Å². The van der Waals surface area contributed by atoms with Gasteiger partial charge in [-0.1, -0.05) is 6.07 Å². The van der Waals surface area contributed by atoms with Gasteiger partial charge in [0.15, 0.2) is 5.82 Å². The molecule has 6 nitrogen and oxygen atoms in total. The number of rotatable bonds is 3. The predicted octanol–water partition coefficient (Wildman–Crippen LogP) is 2.13. The first-order chi connectivity index (χ1) is 8.67. The lowest BCUT2D eigenvalue weighted by Crippen LogP contribution is -2.19. The zero-order valence-electron chi connectivity index (χ0n) is 10.1. The average molecular weight is 245 g/mol. The maximum absolute atomic E-state index is 11.7. The number of carbonyl (C=O) groups is 1. The zero-order valence-corrected chi connectivity index (χ0v) is 10.1. The summed E-state index contributed by atoms with van der Waals surface area (Å²) in [7, 11) is 0. The van der Waals surface area contributed by atoms with E-state index in [1.807, 2.05) is 6.92 Å². The second-order valence-corrected chi connectivity index (χ2v) is 3.76. The Bertz CT molecular complexity index is 549. The number of aromatic nitrogens is 2. The van der Waals surface area contributed by atoms with Gasteiger partial charge in [0, 0.05) is 30.2 Å². The number of carbonyl (C=O) groups excluding carboxylic acids is 1. The topological polar surface area (TPSA) is 85.0 Å². The molecule has 0 radical (unpaired) electrons. The van der Waals surface area contributed by atoms with Gasteiger partial charge in [0.25, 0.3) is 0 Å². The molecule has 4 N–H and O–H groups in total. The fraction of sp³-hybridized carbons (Fsp3) is 0.167. The molecule has 1 aromatic carbocycles. The van der Waals surface area contributed by atoms with Gasteiger partial charge in [0.1, 0.15) is 0 Å². The number of nitrogen functional groups attached to an aromatic ring is 1. The third kappa shape index (κ3) is 3.00. The quantitative estimate of drug-likeness (QED) is 0.724. The van der Waals surface area contributed by atoms with Crippen molar-refractivity contribution in [2.24, 2.45) is 0 Å². The smallest absolute Gasteiger partial charge is 0.324 e. The Morgan fingerprint density at radius 2 is 2.22 bits per heavy atom. The number of hydrogen-bond donors (Lipinski definition) is 3. The lowest BCUT2D eigenvalue weighted by molar-refractivity contribution is 0.262. The van der Waals surface area contributed by atoms with E-state index in [1.54, 1.807) is 41.2 Å². The van der Waals surface area contributed by atoms with Crippen LogP contribution in [0.2, 0.25) is 0 Å². The van der Waals surface area contributed by atoms with Crippen LogP contribution in [0.5, 0.6) is 0 Å². The van der Waals surface area contributed by atoms with Gasteiger partial charge >= 0.3 is 6.03 Å². The number of aryl methyl sites for hydroxylation is 1. The van der Waals surface area contributed by atoms with Crippen LogP contribution in [0.15, 0.2) is 36.5 Å². The summed E-state index contributed by atoms with van der Waals surface area (Å²) < 4.78 is 1.73. The molecule has 0 unspecified atom stereocenters. The largest absolute Gasteiger partial charge is 0.399 e. The number of benzene rings is 1. The summed E-state index contributed by atoms with van der Waals surface area (Å²) in [5, 5.41) is 9.47. The second kappa shape index (κ2) is 5.22. The molecule has 0 saturated heterocycles. The number of nitrogens with zero attached hydrogens (tertiary/aromatic N) is 2. The summed E-state index contributed by atoms with van der Waals surface area (Å²) >= 11 is 0. The van der Waals surface area contributed by atoms with Crippen LogP contribution in [0.25, 0.3) is 0 Å². The molecule has 0 aliphatic heterocycles. The van der Waals surface area contributed by atoms with Gasteiger partial charge in [-0.05, 0) is 25.1 Å². The molecule has 0 bridgehead atoms. The van der Waals surface area contributed by atoms with E-state index in [-0.39, 0.29) is 6.03 Å². The summed E-state index contributed by atoms with van der Waals surface area (Å²) in [6, 6.07) is 8.37. The molecule has 6 heteroatoms. The number of urea groups is 1. The minimum Gasteiger partial charge on any atom is -0.399 e. The molecule has 1 heterocycles. The number of amides is 2. The Morgan fingerprint density at radius 1 is 1.39 bits per heavy atom. The van der Waals surface area contributed by atoms with Crippen molar-refractivity contribution in [3.63, 3.8) is 0 Å². The zero-order chi connectivity index (χ0) is 13.0. The summed E-state index contributed by atoms with van der Waals surface area (Å²) in [6.07, 6.45) is 1.80. The fourth-order valence-corrected chi connectivity index (χ4v) is 1.50. The fourth-order valence-electron chi connectivity index (χ4n) is 1.50. The molecule has 0 saturated carbocycles. The molecule has 2 rings (SSSR count). The van der Waals surface area contributed by atoms with Gasteiger partial charge in [-0.3, -0.25) is 10.00 Å². The molecular formula is C12H15N5O. The molecular weight excluding hydrogens is 230 g/mol. The van der Waals surface area contributed by atoms with E-state index in [4.69, 9.17) is 5.73 Å².